The van der Waals surface area contributed by atoms with E-state index in [2.05, 4.69) is 21.2 Å². The Morgan fingerprint density at radius 2 is 1.78 bits per heavy atom. The molecule has 1 aliphatic rings. The maximum Gasteiger partial charge on any atom is 0.335 e. The van der Waals surface area contributed by atoms with Crippen LogP contribution in [0, 0.1) is 6.92 Å². The van der Waals surface area contributed by atoms with Crippen molar-refractivity contribution in [3.05, 3.63) is 81.5 Å². The van der Waals surface area contributed by atoms with E-state index >= 15 is 0 Å². The van der Waals surface area contributed by atoms with Gasteiger partial charge in [-0.1, -0.05) is 34.1 Å². The highest BCUT2D eigenvalue weighted by Crippen LogP contribution is 2.29. The normalized spacial score (nSPS) is 15.2. The van der Waals surface area contributed by atoms with E-state index in [4.69, 9.17) is 4.42 Å². The topological polar surface area (TPSA) is 120 Å². The molecule has 0 unspecified atom stereocenters. The number of halogens is 1. The molecular weight excluding hydrogens is 480 g/mol. The van der Waals surface area contributed by atoms with Crippen molar-refractivity contribution in [2.75, 3.05) is 4.90 Å². The van der Waals surface area contributed by atoms with E-state index in [1.54, 1.807) is 49.4 Å². The molecule has 0 aliphatic carbocycles. The SMILES string of the molecule is Cc1c(C(=O)[O-])cccc1-c1ccc(/C=C2/C(=O)NC(=O)N(c3ccc(Br)cc3)C2=O)o1. The number of nitrogens with one attached hydrogen (secondary N) is 1. The number of carbonyl (C=O) groups is 4. The predicted octanol–water partition coefficient (Wildman–Crippen LogP) is 3.05. The average Bonchev–Trinajstić information content (AvgIpc) is 3.21. The lowest BCUT2D eigenvalue weighted by atomic mass is 10.0. The lowest BCUT2D eigenvalue weighted by molar-refractivity contribution is -0.255. The lowest BCUT2D eigenvalue weighted by Gasteiger charge is -2.26. The zero-order chi connectivity index (χ0) is 23.0. The van der Waals surface area contributed by atoms with E-state index in [0.29, 0.717) is 22.6 Å². The van der Waals surface area contributed by atoms with E-state index in [1.165, 1.54) is 18.2 Å². The highest BCUT2D eigenvalue weighted by atomic mass is 79.9. The van der Waals surface area contributed by atoms with Gasteiger partial charge in [0.1, 0.15) is 17.1 Å². The molecular formula is C23H14BrN2O6-. The number of carbonyl (C=O) groups excluding carboxylic acids is 4. The van der Waals surface area contributed by atoms with Gasteiger partial charge in [0.05, 0.1) is 11.7 Å². The summed E-state index contributed by atoms with van der Waals surface area (Å²) in [5.41, 5.74) is 1.03. The van der Waals surface area contributed by atoms with Crippen molar-refractivity contribution in [3.63, 3.8) is 0 Å². The molecule has 4 rings (SSSR count). The Balaban J connectivity index is 1.69. The molecule has 8 nitrogen and oxygen atoms in total. The maximum atomic E-state index is 12.9. The molecule has 1 aliphatic heterocycles. The second kappa shape index (κ2) is 8.27. The van der Waals surface area contributed by atoms with Crippen LogP contribution in [-0.4, -0.2) is 23.8 Å². The van der Waals surface area contributed by atoms with Gasteiger partial charge in [0.15, 0.2) is 0 Å². The average molecular weight is 494 g/mol. The van der Waals surface area contributed by atoms with Gasteiger partial charge in [0.25, 0.3) is 11.8 Å². The number of benzene rings is 2. The Kier molecular flexibility index (Phi) is 5.50. The van der Waals surface area contributed by atoms with E-state index in [-0.39, 0.29) is 16.9 Å². The van der Waals surface area contributed by atoms with Crippen LogP contribution in [0.2, 0.25) is 0 Å². The Morgan fingerprint density at radius 1 is 1.06 bits per heavy atom. The first kappa shape index (κ1) is 21.3. The molecule has 4 amide bonds. The van der Waals surface area contributed by atoms with Gasteiger partial charge in [0.2, 0.25) is 0 Å². The van der Waals surface area contributed by atoms with Crippen LogP contribution >= 0.6 is 15.9 Å². The van der Waals surface area contributed by atoms with Crippen molar-refractivity contribution in [1.82, 2.24) is 5.32 Å². The minimum atomic E-state index is -1.31. The van der Waals surface area contributed by atoms with Crippen LogP contribution in [0.4, 0.5) is 10.5 Å². The lowest BCUT2D eigenvalue weighted by Crippen LogP contribution is -2.54. The molecule has 2 heterocycles. The van der Waals surface area contributed by atoms with Crippen LogP contribution in [0.3, 0.4) is 0 Å². The number of furan rings is 1. The van der Waals surface area contributed by atoms with Gasteiger partial charge < -0.3 is 14.3 Å². The van der Waals surface area contributed by atoms with Gasteiger partial charge in [-0.15, -0.1) is 0 Å². The summed E-state index contributed by atoms with van der Waals surface area (Å²) in [5.74, 6) is -2.42. The third-order valence-electron chi connectivity index (χ3n) is 4.92. The van der Waals surface area contributed by atoms with Crippen molar-refractivity contribution in [1.29, 1.82) is 0 Å². The number of nitrogens with zero attached hydrogens (tertiary/aromatic N) is 1. The first-order valence-corrected chi connectivity index (χ1v) is 10.1. The first-order valence-electron chi connectivity index (χ1n) is 9.34. The van der Waals surface area contributed by atoms with Gasteiger partial charge in [-0.3, -0.25) is 14.9 Å². The summed E-state index contributed by atoms with van der Waals surface area (Å²) in [7, 11) is 0. The number of hydrogen-bond donors (Lipinski definition) is 1. The van der Waals surface area contributed by atoms with E-state index in [9.17, 15) is 24.3 Å². The van der Waals surface area contributed by atoms with Crippen LogP contribution in [0.5, 0.6) is 0 Å². The smallest absolute Gasteiger partial charge is 0.335 e. The summed E-state index contributed by atoms with van der Waals surface area (Å²) in [4.78, 5) is 49.7. The molecule has 0 atom stereocenters. The number of rotatable bonds is 4. The Hall–Kier alpha value is -3.98. The van der Waals surface area contributed by atoms with Crippen LogP contribution in [0.25, 0.3) is 17.4 Å². The molecule has 2 aromatic carbocycles. The molecule has 1 fully saturated rings. The summed E-state index contributed by atoms with van der Waals surface area (Å²) in [6.07, 6.45) is 1.23. The third kappa shape index (κ3) is 3.85. The van der Waals surface area contributed by atoms with Crippen molar-refractivity contribution < 1.29 is 28.7 Å². The van der Waals surface area contributed by atoms with Crippen LogP contribution < -0.4 is 15.3 Å². The van der Waals surface area contributed by atoms with Crippen molar-refractivity contribution in [3.8, 4) is 11.3 Å². The molecule has 32 heavy (non-hydrogen) atoms. The van der Waals surface area contributed by atoms with E-state index in [1.807, 2.05) is 0 Å². The molecule has 1 aromatic heterocycles. The Labute approximate surface area is 190 Å². The first-order chi connectivity index (χ1) is 15.3. The van der Waals surface area contributed by atoms with Gasteiger partial charge in [-0.05, 0) is 55.0 Å². The third-order valence-corrected chi connectivity index (χ3v) is 5.45. The highest BCUT2D eigenvalue weighted by molar-refractivity contribution is 9.10. The molecule has 0 saturated carbocycles. The molecule has 9 heteroatoms. The summed E-state index contributed by atoms with van der Waals surface area (Å²) >= 11 is 3.29. The summed E-state index contributed by atoms with van der Waals surface area (Å²) in [6, 6.07) is 13.4. The van der Waals surface area contributed by atoms with Crippen molar-refractivity contribution in [2.24, 2.45) is 0 Å². The van der Waals surface area contributed by atoms with Crippen LogP contribution in [0.15, 0.2) is 69.1 Å². The molecule has 3 aromatic rings. The predicted molar refractivity (Wildman–Crippen MR) is 116 cm³/mol. The Morgan fingerprint density at radius 3 is 2.47 bits per heavy atom. The van der Waals surface area contributed by atoms with Gasteiger partial charge >= 0.3 is 6.03 Å². The van der Waals surface area contributed by atoms with E-state index < -0.39 is 23.8 Å². The zero-order valence-electron chi connectivity index (χ0n) is 16.5. The number of barbiturate groups is 1. The summed E-state index contributed by atoms with van der Waals surface area (Å²) in [6.45, 7) is 1.63. The van der Waals surface area contributed by atoms with Crippen molar-refractivity contribution >= 4 is 51.5 Å². The van der Waals surface area contributed by atoms with Gasteiger partial charge in [0, 0.05) is 15.6 Å². The Bertz CT molecular complexity index is 1310. The molecule has 0 bridgehead atoms. The summed E-state index contributed by atoms with van der Waals surface area (Å²) < 4.78 is 6.50. The van der Waals surface area contributed by atoms with E-state index in [0.717, 1.165) is 9.37 Å². The van der Waals surface area contributed by atoms with Crippen LogP contribution in [-0.2, 0) is 9.59 Å². The summed E-state index contributed by atoms with van der Waals surface area (Å²) in [5, 5.41) is 13.4. The number of anilines is 1. The van der Waals surface area contributed by atoms with Gasteiger partial charge in [-0.25, -0.2) is 9.69 Å². The fraction of sp³-hybridized carbons (Fsp3) is 0.0435. The zero-order valence-corrected chi connectivity index (χ0v) is 18.1. The molecule has 0 radical (unpaired) electrons. The number of aromatic carboxylic acids is 1. The highest BCUT2D eigenvalue weighted by Gasteiger charge is 2.37. The number of carboxylic acid groups (broad SMARTS) is 1. The molecule has 160 valence electrons. The molecule has 0 spiro atoms. The largest absolute Gasteiger partial charge is 0.545 e. The second-order valence-corrected chi connectivity index (χ2v) is 7.82. The van der Waals surface area contributed by atoms with Gasteiger partial charge in [-0.2, -0.15) is 0 Å². The molecule has 1 N–H and O–H groups in total. The number of urea groups is 1. The number of carboxylic acids is 1. The minimum Gasteiger partial charge on any atom is -0.545 e. The van der Waals surface area contributed by atoms with Crippen molar-refractivity contribution in [2.45, 2.75) is 6.92 Å². The second-order valence-electron chi connectivity index (χ2n) is 6.90. The fourth-order valence-electron chi connectivity index (χ4n) is 3.32. The minimum absolute atomic E-state index is 0.0318. The fourth-order valence-corrected chi connectivity index (χ4v) is 3.59. The molecule has 1 saturated heterocycles. The number of imide groups is 2. The maximum absolute atomic E-state index is 12.9. The monoisotopic (exact) mass is 493 g/mol. The quantitative estimate of drug-likeness (QED) is 0.440. The number of amides is 4. The number of hydrogen-bond acceptors (Lipinski definition) is 6. The van der Waals surface area contributed by atoms with Crippen LogP contribution in [0.1, 0.15) is 21.7 Å². The standard InChI is InChI=1S/C23H15BrN2O6/c1-12-16(3-2-4-17(12)22(29)30)19-10-9-15(32-19)11-18-20(27)25-23(31)26(21(18)28)14-7-5-13(24)6-8-14/h2-11H,1H3,(H,29,30)(H,25,27,31)/p-1/b18-11-.